The van der Waals surface area contributed by atoms with E-state index in [4.69, 9.17) is 28.3 Å². The first-order chi connectivity index (χ1) is 44.9. The zero-order chi connectivity index (χ0) is 69.0. The molecule has 0 heterocycles. The van der Waals surface area contributed by atoms with Gasteiger partial charge in [0.25, 0.3) is 11.8 Å². The summed E-state index contributed by atoms with van der Waals surface area (Å²) in [5.74, 6) is -13.2. The van der Waals surface area contributed by atoms with Gasteiger partial charge in [-0.3, -0.25) is 72.7 Å². The minimum atomic E-state index is -1.81. The van der Waals surface area contributed by atoms with Gasteiger partial charge in [0.15, 0.2) is 11.9 Å². The maximum absolute atomic E-state index is 14.1. The topological polar surface area (TPSA) is 535 Å². The third-order valence-corrected chi connectivity index (χ3v) is 13.9. The van der Waals surface area contributed by atoms with Crippen molar-refractivity contribution in [1.82, 2.24) is 58.5 Å². The van der Waals surface area contributed by atoms with Crippen molar-refractivity contribution in [2.75, 3.05) is 32.7 Å². The molecule has 0 saturated heterocycles. The SMILES string of the molecule is N=C(N)NCCC[C@H](NC(=O)c1ccccc1)C(=O)NCC(=O)N[C@@H](CC(=O)O)C(=O)N[C@@H](Cc1ccccc1)C(=O)NCCCC[C@H](NC(=O)[C@H](Cc1ccccc1)NC(=O)[C@H](CC(=O)O)NC(=O)CNC(=O)[C@H](CCCN=C(N)N)NC(=O)c1ccccc1)C(N)=O. The van der Waals surface area contributed by atoms with Crippen LogP contribution in [0.2, 0.25) is 0 Å². The number of aliphatic imine (C=N–C) groups is 1. The number of amides is 11. The second-order valence-electron chi connectivity index (χ2n) is 21.3. The number of aliphatic carboxylic acids is 2. The van der Waals surface area contributed by atoms with Crippen LogP contribution in [-0.2, 0) is 65.6 Å². The van der Waals surface area contributed by atoms with Crippen molar-refractivity contribution < 1.29 is 72.5 Å². The Kier molecular flexibility index (Phi) is 32.2. The highest BCUT2D eigenvalue weighted by atomic mass is 16.4. The molecule has 32 heteroatoms. The summed E-state index contributed by atoms with van der Waals surface area (Å²) >= 11 is 0. The fourth-order valence-electron chi connectivity index (χ4n) is 9.10. The maximum atomic E-state index is 14.1. The van der Waals surface area contributed by atoms with Crippen LogP contribution < -0.4 is 81.4 Å². The molecule has 0 aromatic heterocycles. The lowest BCUT2D eigenvalue weighted by molar-refractivity contribution is -0.141. The number of nitrogens with two attached hydrogens (primary N) is 4. The number of unbranched alkanes of at least 4 members (excludes halogenated alkanes) is 1. The summed E-state index contributed by atoms with van der Waals surface area (Å²) in [6.07, 6.45) is -1.51. The Labute approximate surface area is 540 Å². The predicted octanol–water partition coefficient (Wildman–Crippen LogP) is -3.24. The molecule has 0 aliphatic rings. The van der Waals surface area contributed by atoms with E-state index in [1.165, 1.54) is 24.3 Å². The monoisotopic (exact) mass is 1300 g/mol. The first-order valence-electron chi connectivity index (χ1n) is 29.9. The fraction of sp³-hybridized carbons (Fsp3) is 0.371. The van der Waals surface area contributed by atoms with Gasteiger partial charge < -0.3 is 91.6 Å². The van der Waals surface area contributed by atoms with Crippen LogP contribution in [0.3, 0.4) is 0 Å². The molecule has 0 unspecified atom stereocenters. The van der Waals surface area contributed by atoms with E-state index in [1.54, 1.807) is 97.1 Å². The molecule has 0 aliphatic carbocycles. The van der Waals surface area contributed by atoms with Crippen LogP contribution in [0.1, 0.15) is 89.6 Å². The normalized spacial score (nSPS) is 12.9. The van der Waals surface area contributed by atoms with E-state index in [0.717, 1.165) is 0 Å². The summed E-state index contributed by atoms with van der Waals surface area (Å²) in [5.41, 5.74) is 23.5. The number of guanidine groups is 2. The molecule has 4 aromatic carbocycles. The number of hydrogen-bond acceptors (Lipinski definition) is 15. The smallest absolute Gasteiger partial charge is 0.305 e. The Balaban J connectivity index is 1.38. The number of benzene rings is 4. The van der Waals surface area contributed by atoms with Gasteiger partial charge in [0.05, 0.1) is 25.9 Å². The molecule has 0 saturated carbocycles. The summed E-state index contributed by atoms with van der Waals surface area (Å²) in [6, 6.07) is 22.4. The Bertz CT molecular complexity index is 3270. The third kappa shape index (κ3) is 29.0. The van der Waals surface area contributed by atoms with Gasteiger partial charge in [-0.1, -0.05) is 97.1 Å². The van der Waals surface area contributed by atoms with E-state index in [-0.39, 0.29) is 100 Å². The molecular weight excluding hydrogens is 1220 g/mol. The second kappa shape index (κ2) is 40.3. The minimum absolute atomic E-state index is 0.0293. The first-order valence-corrected chi connectivity index (χ1v) is 29.9. The van der Waals surface area contributed by atoms with Crippen LogP contribution in [0.5, 0.6) is 0 Å². The van der Waals surface area contributed by atoms with Crippen molar-refractivity contribution in [2.45, 2.75) is 113 Å². The van der Waals surface area contributed by atoms with Crippen molar-refractivity contribution in [2.24, 2.45) is 27.9 Å². The van der Waals surface area contributed by atoms with E-state index in [9.17, 15) is 72.5 Å². The summed E-state index contributed by atoms with van der Waals surface area (Å²) < 4.78 is 0. The molecule has 0 radical (unpaired) electrons. The van der Waals surface area contributed by atoms with Gasteiger partial charge in [0.1, 0.15) is 42.3 Å². The Hall–Kier alpha value is -11.5. The maximum Gasteiger partial charge on any atom is 0.305 e. The van der Waals surface area contributed by atoms with E-state index >= 15 is 0 Å². The highest BCUT2D eigenvalue weighted by Crippen LogP contribution is 2.11. The molecule has 11 amide bonds. The Morgan fingerprint density at radius 3 is 1.18 bits per heavy atom. The van der Waals surface area contributed by atoms with Crippen LogP contribution in [0.15, 0.2) is 126 Å². The van der Waals surface area contributed by atoms with Gasteiger partial charge >= 0.3 is 11.9 Å². The van der Waals surface area contributed by atoms with E-state index in [1.807, 2.05) is 0 Å². The molecule has 22 N–H and O–H groups in total. The molecule has 0 fully saturated rings. The standard InChI is InChI=1S/C62H81N17O15/c63-52(86)41(75-58(92)45(32-38-19-7-2-8-20-38)79-60(94)47(34-51(84)85)74-49(81)36-72-56(90)43(27-16-30-70-62(66)67)77-54(88)40-23-11-4-12-24-40)25-13-14-28-68-57(91)44(31-37-17-5-1-6-18-37)78-59(93)46(33-50(82)83)73-48(80)35-71-55(89)42(26-15-29-69-61(64)65)76-53(87)39-21-9-3-10-22-39/h1-12,17-24,41-47H,13-16,25-36H2,(H2,63,86)(H,68,91)(H,71,89)(H,72,90)(H,73,80)(H,74,81)(H,75,92)(H,76,87)(H,77,88)(H,78,93)(H,79,94)(H,82,83)(H,84,85)(H4,64,65,69)(H4,66,67,70)/t41-,42-,43-,44-,45-,46-,47-/m0/s1. The van der Waals surface area contributed by atoms with Gasteiger partial charge in [-0.05, 0) is 80.3 Å². The van der Waals surface area contributed by atoms with E-state index < -0.39 is 145 Å². The van der Waals surface area contributed by atoms with Crippen molar-refractivity contribution in [3.8, 4) is 0 Å². The summed E-state index contributed by atoms with van der Waals surface area (Å²) in [4.78, 5) is 176. The molecule has 0 bridgehead atoms. The lowest BCUT2D eigenvalue weighted by atomic mass is 10.0. The summed E-state index contributed by atoms with van der Waals surface area (Å²) in [7, 11) is 0. The molecule has 504 valence electrons. The molecule has 0 spiro atoms. The van der Waals surface area contributed by atoms with Crippen molar-refractivity contribution in [3.63, 3.8) is 0 Å². The zero-order valence-corrected chi connectivity index (χ0v) is 51.4. The Morgan fingerprint density at radius 2 is 0.766 bits per heavy atom. The average molecular weight is 1300 g/mol. The van der Waals surface area contributed by atoms with E-state index in [0.29, 0.717) is 11.1 Å². The number of primary amides is 1. The van der Waals surface area contributed by atoms with E-state index in [2.05, 4.69) is 63.5 Å². The van der Waals surface area contributed by atoms with Gasteiger partial charge in [0.2, 0.25) is 53.2 Å². The molecule has 4 rings (SSSR count). The summed E-state index contributed by atoms with van der Waals surface area (Å²) in [5, 5.41) is 54.1. The molecule has 0 aliphatic heterocycles. The second-order valence-corrected chi connectivity index (χ2v) is 21.3. The first kappa shape index (κ1) is 75.0. The van der Waals surface area contributed by atoms with Crippen LogP contribution in [-0.4, -0.2) is 174 Å². The number of carboxylic acid groups (broad SMARTS) is 2. The molecular formula is C62H81N17O15. The van der Waals surface area contributed by atoms with Gasteiger partial charge in [-0.2, -0.15) is 0 Å². The lowest BCUT2D eigenvalue weighted by Crippen LogP contribution is -2.58. The zero-order valence-electron chi connectivity index (χ0n) is 51.4. The fourth-order valence-corrected chi connectivity index (χ4v) is 9.10. The summed E-state index contributed by atoms with van der Waals surface area (Å²) in [6.45, 7) is -1.34. The third-order valence-electron chi connectivity index (χ3n) is 13.9. The molecule has 94 heavy (non-hydrogen) atoms. The van der Waals surface area contributed by atoms with Crippen molar-refractivity contribution in [3.05, 3.63) is 144 Å². The molecule has 7 atom stereocenters. The van der Waals surface area contributed by atoms with Gasteiger partial charge in [0, 0.05) is 43.6 Å². The van der Waals surface area contributed by atoms with Crippen LogP contribution in [0.4, 0.5) is 0 Å². The van der Waals surface area contributed by atoms with Crippen molar-refractivity contribution in [1.29, 1.82) is 5.41 Å². The van der Waals surface area contributed by atoms with Crippen LogP contribution >= 0.6 is 0 Å². The lowest BCUT2D eigenvalue weighted by Gasteiger charge is -2.25. The number of nitrogens with one attached hydrogen (secondary N) is 12. The van der Waals surface area contributed by atoms with Crippen LogP contribution in [0, 0.1) is 5.41 Å². The number of carbonyl (C=O) groups excluding carboxylic acids is 11. The average Bonchev–Trinajstić information content (AvgIpc) is 0.955. The van der Waals surface area contributed by atoms with Crippen LogP contribution in [0.25, 0.3) is 0 Å². The number of hydrogen-bond donors (Lipinski definition) is 18. The number of carbonyl (C=O) groups is 13. The number of carboxylic acids is 2. The minimum Gasteiger partial charge on any atom is -0.481 e. The van der Waals surface area contributed by atoms with Gasteiger partial charge in [-0.15, -0.1) is 0 Å². The predicted molar refractivity (Wildman–Crippen MR) is 341 cm³/mol. The molecule has 32 nitrogen and oxygen atoms in total. The highest BCUT2D eigenvalue weighted by molar-refractivity contribution is 6.01. The van der Waals surface area contributed by atoms with Gasteiger partial charge in [-0.25, -0.2) is 0 Å². The molecule has 4 aromatic rings. The largest absolute Gasteiger partial charge is 0.481 e. The quantitative estimate of drug-likeness (QED) is 0.0118. The highest BCUT2D eigenvalue weighted by Gasteiger charge is 2.33. The van der Waals surface area contributed by atoms with Crippen molar-refractivity contribution >= 4 is 88.8 Å². The number of nitrogens with zero attached hydrogens (tertiary/aromatic N) is 1. The number of rotatable bonds is 41. The Morgan fingerprint density at radius 1 is 0.394 bits per heavy atom.